The first-order chi connectivity index (χ1) is 27.1. The molecule has 0 aliphatic heterocycles. The van der Waals surface area contributed by atoms with Gasteiger partial charge in [-0.2, -0.15) is 5.26 Å². The molecule has 0 fully saturated rings. The highest BCUT2D eigenvalue weighted by Gasteiger charge is 2.16. The molecule has 1 aromatic heterocycles. The third kappa shape index (κ3) is 5.60. The summed E-state index contributed by atoms with van der Waals surface area (Å²) >= 11 is 0. The number of nitriles is 1. The Morgan fingerprint density at radius 1 is 0.364 bits per heavy atom. The average Bonchev–Trinajstić information content (AvgIpc) is 3.26. The number of hydrogen-bond donors (Lipinski definition) is 0. The van der Waals surface area contributed by atoms with Crippen LogP contribution in [-0.2, 0) is 0 Å². The molecule has 0 amide bonds. The van der Waals surface area contributed by atoms with Gasteiger partial charge >= 0.3 is 0 Å². The van der Waals surface area contributed by atoms with Crippen molar-refractivity contribution in [2.24, 2.45) is 0 Å². The van der Waals surface area contributed by atoms with E-state index in [0.717, 1.165) is 66.1 Å². The molecule has 0 radical (unpaired) electrons. The van der Waals surface area contributed by atoms with Gasteiger partial charge in [-0.25, -0.2) is 9.37 Å². The van der Waals surface area contributed by atoms with Crippen LogP contribution in [0.15, 0.2) is 188 Å². The van der Waals surface area contributed by atoms with Gasteiger partial charge in [-0.1, -0.05) is 146 Å². The maximum atomic E-state index is 13.9. The van der Waals surface area contributed by atoms with E-state index in [0.29, 0.717) is 5.56 Å². The minimum Gasteiger partial charge on any atom is -0.247 e. The van der Waals surface area contributed by atoms with Gasteiger partial charge in [-0.15, -0.1) is 0 Å². The number of rotatable bonds is 5. The zero-order valence-electron chi connectivity index (χ0n) is 29.7. The summed E-state index contributed by atoms with van der Waals surface area (Å²) in [5.41, 5.74) is 12.5. The van der Waals surface area contributed by atoms with Crippen LogP contribution in [0.25, 0.3) is 99.0 Å². The molecule has 0 bridgehead atoms. The van der Waals surface area contributed by atoms with E-state index in [2.05, 4.69) is 133 Å². The van der Waals surface area contributed by atoms with Gasteiger partial charge in [0.05, 0.1) is 22.8 Å². The Kier molecular flexibility index (Phi) is 7.75. The monoisotopic (exact) mass is 702 g/mol. The minimum atomic E-state index is -0.261. The fourth-order valence-electron chi connectivity index (χ4n) is 8.10. The molecule has 55 heavy (non-hydrogen) atoms. The Bertz CT molecular complexity index is 3120. The highest BCUT2D eigenvalue weighted by molar-refractivity contribution is 6.24. The maximum absolute atomic E-state index is 13.9. The zero-order chi connectivity index (χ0) is 36.9. The van der Waals surface area contributed by atoms with E-state index in [1.165, 1.54) is 45.0 Å². The predicted molar refractivity (Wildman–Crippen MR) is 226 cm³/mol. The lowest BCUT2D eigenvalue weighted by atomic mass is 9.89. The highest BCUT2D eigenvalue weighted by atomic mass is 19.1. The van der Waals surface area contributed by atoms with Crippen LogP contribution in [0.1, 0.15) is 5.56 Å². The van der Waals surface area contributed by atoms with Crippen LogP contribution in [0.3, 0.4) is 0 Å². The summed E-state index contributed by atoms with van der Waals surface area (Å²) in [7, 11) is 0. The Morgan fingerprint density at radius 3 is 1.42 bits per heavy atom. The summed E-state index contributed by atoms with van der Waals surface area (Å²) in [5, 5.41) is 17.2. The van der Waals surface area contributed by atoms with Gasteiger partial charge in [0, 0.05) is 21.7 Å². The van der Waals surface area contributed by atoms with Crippen molar-refractivity contribution < 1.29 is 4.39 Å². The van der Waals surface area contributed by atoms with Crippen LogP contribution in [0.4, 0.5) is 4.39 Å². The van der Waals surface area contributed by atoms with Gasteiger partial charge in [0.15, 0.2) is 0 Å². The maximum Gasteiger partial charge on any atom is 0.123 e. The average molecular weight is 703 g/mol. The fourth-order valence-corrected chi connectivity index (χ4v) is 8.10. The topological polar surface area (TPSA) is 36.7 Å². The Morgan fingerprint density at radius 2 is 0.818 bits per heavy atom. The van der Waals surface area contributed by atoms with E-state index in [1.807, 2.05) is 48.5 Å². The molecule has 0 spiro atoms. The van der Waals surface area contributed by atoms with E-state index < -0.39 is 0 Å². The summed E-state index contributed by atoms with van der Waals surface area (Å²) < 4.78 is 13.9. The van der Waals surface area contributed by atoms with Gasteiger partial charge in [-0.3, -0.25) is 0 Å². The number of halogens is 1. The van der Waals surface area contributed by atoms with Crippen LogP contribution in [0, 0.1) is 17.1 Å². The summed E-state index contributed by atoms with van der Waals surface area (Å²) in [6.45, 7) is 0. The second-order valence-electron chi connectivity index (χ2n) is 13.9. The molecular formula is C52H31FN2. The van der Waals surface area contributed by atoms with Crippen molar-refractivity contribution >= 4 is 43.2 Å². The third-order valence-corrected chi connectivity index (χ3v) is 10.8. The smallest absolute Gasteiger partial charge is 0.123 e. The standard InChI is InChI=1S/C52H31FN2/c53-40-26-24-39(25-27-40)52-49-31-30-46-41(9-5-10-47(46)51(49)48-8-3-4-11-50(48)55-52)36-20-22-38(23-21-36)43-29-28-42(44-6-1-2-7-45(43)44)37-18-16-35(17-19-37)34-14-12-33(32-54)13-15-34/h1-31H. The number of hydrogen-bond acceptors (Lipinski definition) is 2. The van der Waals surface area contributed by atoms with E-state index in [-0.39, 0.29) is 5.82 Å². The minimum absolute atomic E-state index is 0.261. The lowest BCUT2D eigenvalue weighted by Crippen LogP contribution is -1.92. The van der Waals surface area contributed by atoms with Gasteiger partial charge in [-0.05, 0) is 109 Å². The number of nitrogens with zero attached hydrogens (tertiary/aromatic N) is 2. The van der Waals surface area contributed by atoms with E-state index >= 15 is 0 Å². The number of pyridine rings is 1. The summed E-state index contributed by atoms with van der Waals surface area (Å²) in [5.74, 6) is -0.261. The zero-order valence-corrected chi connectivity index (χ0v) is 29.7. The van der Waals surface area contributed by atoms with Crippen LogP contribution in [-0.4, -0.2) is 4.98 Å². The quantitative estimate of drug-likeness (QED) is 0.167. The van der Waals surface area contributed by atoms with Gasteiger partial charge < -0.3 is 0 Å². The molecule has 0 unspecified atom stereocenters. The summed E-state index contributed by atoms with van der Waals surface area (Å²) in [6.07, 6.45) is 0. The third-order valence-electron chi connectivity index (χ3n) is 10.8. The van der Waals surface area contributed by atoms with Crippen molar-refractivity contribution in [2.75, 3.05) is 0 Å². The van der Waals surface area contributed by atoms with E-state index in [9.17, 15) is 9.65 Å². The second kappa shape index (κ2) is 13.2. The van der Waals surface area contributed by atoms with Crippen molar-refractivity contribution in [1.29, 1.82) is 5.26 Å². The predicted octanol–water partition coefficient (Wildman–Crippen LogP) is 14.0. The molecule has 0 N–H and O–H groups in total. The van der Waals surface area contributed by atoms with Gasteiger partial charge in [0.2, 0.25) is 0 Å². The van der Waals surface area contributed by atoms with E-state index in [4.69, 9.17) is 4.98 Å². The Labute approximate surface area is 318 Å². The van der Waals surface area contributed by atoms with Gasteiger partial charge in [0.1, 0.15) is 5.82 Å². The van der Waals surface area contributed by atoms with Crippen LogP contribution in [0.2, 0.25) is 0 Å². The molecule has 2 nitrogen and oxygen atoms in total. The SMILES string of the molecule is N#Cc1ccc(-c2ccc(-c3ccc(-c4ccc(-c5cccc6c5ccc5c(-c7ccc(F)cc7)nc7ccccc7c56)cc4)c4ccccc34)cc2)cc1. The Balaban J connectivity index is 1.03. The molecule has 10 aromatic rings. The molecule has 10 rings (SSSR count). The molecule has 3 heteroatoms. The van der Waals surface area contributed by atoms with Crippen LogP contribution < -0.4 is 0 Å². The first-order valence-electron chi connectivity index (χ1n) is 18.4. The van der Waals surface area contributed by atoms with Crippen molar-refractivity contribution in [3.8, 4) is 61.8 Å². The second-order valence-corrected chi connectivity index (χ2v) is 13.9. The van der Waals surface area contributed by atoms with Crippen LogP contribution >= 0.6 is 0 Å². The normalized spacial score (nSPS) is 11.3. The lowest BCUT2D eigenvalue weighted by Gasteiger charge is -2.15. The number of benzene rings is 9. The number of aromatic nitrogens is 1. The Hall–Kier alpha value is -7.41. The number of fused-ring (bicyclic) bond motifs is 6. The first kappa shape index (κ1) is 32.3. The molecule has 256 valence electrons. The van der Waals surface area contributed by atoms with Crippen molar-refractivity contribution in [3.05, 3.63) is 199 Å². The molecule has 9 aromatic carbocycles. The van der Waals surface area contributed by atoms with E-state index in [1.54, 1.807) is 0 Å². The fraction of sp³-hybridized carbons (Fsp3) is 0. The van der Waals surface area contributed by atoms with Crippen LogP contribution in [0.5, 0.6) is 0 Å². The molecule has 0 atom stereocenters. The molecule has 0 saturated carbocycles. The largest absolute Gasteiger partial charge is 0.247 e. The van der Waals surface area contributed by atoms with Crippen molar-refractivity contribution in [2.45, 2.75) is 0 Å². The van der Waals surface area contributed by atoms with Crippen molar-refractivity contribution in [3.63, 3.8) is 0 Å². The van der Waals surface area contributed by atoms with Crippen molar-refractivity contribution in [1.82, 2.24) is 4.98 Å². The lowest BCUT2D eigenvalue weighted by molar-refractivity contribution is 0.628. The summed E-state index contributed by atoms with van der Waals surface area (Å²) in [6, 6.07) is 66.4. The van der Waals surface area contributed by atoms with Gasteiger partial charge in [0.25, 0.3) is 0 Å². The summed E-state index contributed by atoms with van der Waals surface area (Å²) in [4.78, 5) is 5.06. The highest BCUT2D eigenvalue weighted by Crippen LogP contribution is 2.41. The molecular weight excluding hydrogens is 672 g/mol. The molecule has 0 aliphatic rings. The molecule has 0 aliphatic carbocycles. The number of para-hydroxylation sites is 1. The molecule has 1 heterocycles. The first-order valence-corrected chi connectivity index (χ1v) is 18.4. The molecule has 0 saturated heterocycles.